The van der Waals surface area contributed by atoms with Crippen molar-refractivity contribution in [3.8, 4) is 10.6 Å². The number of hydrogen-bond donors (Lipinski definition) is 1. The van der Waals surface area contributed by atoms with Crippen molar-refractivity contribution in [3.05, 3.63) is 46.8 Å². The smallest absolute Gasteiger partial charge is 0.137 e. The normalized spacial score (nSPS) is 18.5. The minimum absolute atomic E-state index is 0.352. The van der Waals surface area contributed by atoms with Crippen molar-refractivity contribution in [1.29, 1.82) is 0 Å². The van der Waals surface area contributed by atoms with Crippen LogP contribution in [0.25, 0.3) is 10.6 Å². The number of nitrogens with one attached hydrogen (secondary N) is 1. The van der Waals surface area contributed by atoms with Crippen LogP contribution in [-0.4, -0.2) is 26.8 Å². The van der Waals surface area contributed by atoms with Gasteiger partial charge in [-0.1, -0.05) is 18.1 Å². The van der Waals surface area contributed by atoms with Crippen LogP contribution in [0.15, 0.2) is 34.3 Å². The summed E-state index contributed by atoms with van der Waals surface area (Å²) in [6.07, 6.45) is 6.35. The van der Waals surface area contributed by atoms with Gasteiger partial charge >= 0.3 is 0 Å². The minimum Gasteiger partial charge on any atom is -0.361 e. The van der Waals surface area contributed by atoms with Gasteiger partial charge in [-0.2, -0.15) is 5.10 Å². The van der Waals surface area contributed by atoms with Crippen molar-refractivity contribution < 1.29 is 4.52 Å². The van der Waals surface area contributed by atoms with Crippen LogP contribution < -0.4 is 0 Å². The average Bonchev–Trinajstić information content (AvgIpc) is 3.36. The molecule has 5 nitrogen and oxygen atoms in total. The number of aromatic amines is 1. The lowest BCUT2D eigenvalue weighted by molar-refractivity contribution is 0.236. The van der Waals surface area contributed by atoms with E-state index in [9.17, 15) is 0 Å². The summed E-state index contributed by atoms with van der Waals surface area (Å²) < 4.78 is 5.49. The Balaban J connectivity index is 1.52. The monoisotopic (exact) mass is 342 g/mol. The Kier molecular flexibility index (Phi) is 4.49. The third kappa shape index (κ3) is 3.03. The Morgan fingerprint density at radius 2 is 2.42 bits per heavy atom. The largest absolute Gasteiger partial charge is 0.361 e. The van der Waals surface area contributed by atoms with Crippen LogP contribution in [0, 0.1) is 0 Å². The summed E-state index contributed by atoms with van der Waals surface area (Å²) in [5.74, 6) is 1.00. The fraction of sp³-hybridized carbons (Fsp3) is 0.444. The van der Waals surface area contributed by atoms with Gasteiger partial charge < -0.3 is 4.52 Å². The molecule has 6 heteroatoms. The zero-order valence-corrected chi connectivity index (χ0v) is 14.7. The van der Waals surface area contributed by atoms with Gasteiger partial charge in [0.2, 0.25) is 0 Å². The first kappa shape index (κ1) is 15.6. The Morgan fingerprint density at radius 3 is 3.25 bits per heavy atom. The highest BCUT2D eigenvalue weighted by molar-refractivity contribution is 7.13. The molecule has 1 N–H and O–H groups in total. The number of aromatic nitrogens is 3. The van der Waals surface area contributed by atoms with E-state index < -0.39 is 0 Å². The maximum Gasteiger partial charge on any atom is 0.137 e. The molecule has 0 radical (unpaired) electrons. The molecule has 0 unspecified atom stereocenters. The predicted molar refractivity (Wildman–Crippen MR) is 94.8 cm³/mol. The Bertz CT molecular complexity index is 777. The van der Waals surface area contributed by atoms with Gasteiger partial charge in [-0.05, 0) is 37.3 Å². The van der Waals surface area contributed by atoms with Crippen molar-refractivity contribution in [1.82, 2.24) is 20.3 Å². The summed E-state index contributed by atoms with van der Waals surface area (Å²) in [6, 6.07) is 6.71. The first-order chi connectivity index (χ1) is 11.8. The first-order valence-electron chi connectivity index (χ1n) is 8.61. The third-order valence-electron chi connectivity index (χ3n) is 4.64. The summed E-state index contributed by atoms with van der Waals surface area (Å²) in [7, 11) is 0. The van der Waals surface area contributed by atoms with Crippen LogP contribution >= 0.6 is 11.3 Å². The van der Waals surface area contributed by atoms with Crippen molar-refractivity contribution in [2.45, 2.75) is 45.2 Å². The summed E-state index contributed by atoms with van der Waals surface area (Å²) in [5.41, 5.74) is 3.47. The predicted octanol–water partition coefficient (Wildman–Crippen LogP) is 4.42. The number of hydrogen-bond acceptors (Lipinski definition) is 5. The molecule has 4 heterocycles. The van der Waals surface area contributed by atoms with E-state index >= 15 is 0 Å². The second-order valence-corrected chi connectivity index (χ2v) is 7.29. The van der Waals surface area contributed by atoms with E-state index in [1.165, 1.54) is 16.9 Å². The molecule has 0 bridgehead atoms. The highest BCUT2D eigenvalue weighted by Crippen LogP contribution is 2.35. The van der Waals surface area contributed by atoms with Crippen LogP contribution in [-0.2, 0) is 13.0 Å². The molecule has 0 saturated carbocycles. The number of thiophene rings is 1. The molecular formula is C18H22N4OS. The van der Waals surface area contributed by atoms with Gasteiger partial charge in [0.25, 0.3) is 0 Å². The molecule has 1 aliphatic heterocycles. The first-order valence-corrected chi connectivity index (χ1v) is 9.48. The maximum absolute atomic E-state index is 5.49. The lowest BCUT2D eigenvalue weighted by Crippen LogP contribution is -2.23. The Morgan fingerprint density at radius 1 is 1.46 bits per heavy atom. The minimum atomic E-state index is 0.352. The molecule has 1 fully saturated rings. The van der Waals surface area contributed by atoms with Gasteiger partial charge in [-0.25, -0.2) is 0 Å². The second-order valence-electron chi connectivity index (χ2n) is 6.34. The van der Waals surface area contributed by atoms with Gasteiger partial charge in [0, 0.05) is 24.6 Å². The summed E-state index contributed by atoms with van der Waals surface area (Å²) in [6.45, 7) is 4.15. The Hall–Kier alpha value is -1.92. The second kappa shape index (κ2) is 6.91. The molecule has 1 saturated heterocycles. The van der Waals surface area contributed by atoms with Crippen molar-refractivity contribution in [3.63, 3.8) is 0 Å². The molecule has 0 aliphatic carbocycles. The van der Waals surface area contributed by atoms with Gasteiger partial charge in [0.05, 0.1) is 22.8 Å². The van der Waals surface area contributed by atoms with E-state index in [4.69, 9.17) is 4.52 Å². The number of H-pyrrole nitrogens is 1. The highest BCUT2D eigenvalue weighted by atomic mass is 32.1. The standard InChI is InChI=1S/C18H22N4OS/c1-2-5-14-10-15(21-23-14)16-6-3-8-22(16)12-13-11-19-20-18(13)17-7-4-9-24-17/h4,7,9-11,16H,2-3,5-6,8,12H2,1H3,(H,19,20)/t16-/m1/s1. The van der Waals surface area contributed by atoms with Crippen molar-refractivity contribution in [2.75, 3.05) is 6.54 Å². The van der Waals surface area contributed by atoms with Gasteiger partial charge in [0.15, 0.2) is 0 Å². The van der Waals surface area contributed by atoms with E-state index in [-0.39, 0.29) is 0 Å². The Labute approximate surface area is 145 Å². The fourth-order valence-corrected chi connectivity index (χ4v) is 4.24. The van der Waals surface area contributed by atoms with E-state index in [1.54, 1.807) is 11.3 Å². The fourth-order valence-electron chi connectivity index (χ4n) is 3.48. The third-order valence-corrected chi connectivity index (χ3v) is 5.52. The molecule has 3 aromatic rings. The van der Waals surface area contributed by atoms with Crippen LogP contribution in [0.3, 0.4) is 0 Å². The molecule has 3 aromatic heterocycles. The molecule has 0 aromatic carbocycles. The van der Waals surface area contributed by atoms with Crippen LogP contribution in [0.4, 0.5) is 0 Å². The zero-order chi connectivity index (χ0) is 16.4. The van der Waals surface area contributed by atoms with E-state index in [0.717, 1.165) is 49.5 Å². The number of likely N-dealkylation sites (tertiary alicyclic amines) is 1. The summed E-state index contributed by atoms with van der Waals surface area (Å²) >= 11 is 1.74. The topological polar surface area (TPSA) is 58.0 Å². The van der Waals surface area contributed by atoms with E-state index in [0.29, 0.717) is 6.04 Å². The lowest BCUT2D eigenvalue weighted by Gasteiger charge is -2.22. The number of aryl methyl sites for hydroxylation is 1. The SMILES string of the molecule is CCCc1cc([C@H]2CCCN2Cc2cn[nH]c2-c2cccs2)no1. The molecule has 0 amide bonds. The molecule has 1 aliphatic rings. The summed E-state index contributed by atoms with van der Waals surface area (Å²) in [5, 5.41) is 13.9. The maximum atomic E-state index is 5.49. The molecule has 0 spiro atoms. The highest BCUT2D eigenvalue weighted by Gasteiger charge is 2.29. The van der Waals surface area contributed by atoms with Crippen molar-refractivity contribution in [2.24, 2.45) is 0 Å². The van der Waals surface area contributed by atoms with Gasteiger partial charge in [-0.3, -0.25) is 10.00 Å². The van der Waals surface area contributed by atoms with Crippen LogP contribution in [0.2, 0.25) is 0 Å². The number of nitrogens with zero attached hydrogens (tertiary/aromatic N) is 3. The van der Waals surface area contributed by atoms with E-state index in [1.807, 2.05) is 6.20 Å². The van der Waals surface area contributed by atoms with Crippen LogP contribution in [0.5, 0.6) is 0 Å². The zero-order valence-electron chi connectivity index (χ0n) is 13.9. The quantitative estimate of drug-likeness (QED) is 0.720. The molecule has 126 valence electrons. The summed E-state index contributed by atoms with van der Waals surface area (Å²) in [4.78, 5) is 3.74. The van der Waals surface area contributed by atoms with E-state index in [2.05, 4.69) is 50.8 Å². The molecular weight excluding hydrogens is 320 g/mol. The lowest BCUT2D eigenvalue weighted by atomic mass is 10.1. The van der Waals surface area contributed by atoms with Gasteiger partial charge in [0.1, 0.15) is 11.5 Å². The van der Waals surface area contributed by atoms with Gasteiger partial charge in [-0.15, -0.1) is 11.3 Å². The molecule has 24 heavy (non-hydrogen) atoms. The van der Waals surface area contributed by atoms with Crippen LogP contribution in [0.1, 0.15) is 49.2 Å². The van der Waals surface area contributed by atoms with Crippen molar-refractivity contribution >= 4 is 11.3 Å². The molecule has 1 atom stereocenters. The number of rotatable bonds is 6. The molecule has 4 rings (SSSR count). The average molecular weight is 342 g/mol.